The van der Waals surface area contributed by atoms with Crippen molar-refractivity contribution in [3.63, 3.8) is 0 Å². The lowest BCUT2D eigenvalue weighted by Crippen LogP contribution is -2.39. The number of benzene rings is 1. The summed E-state index contributed by atoms with van der Waals surface area (Å²) < 4.78 is 5.31. The van der Waals surface area contributed by atoms with Gasteiger partial charge in [0, 0.05) is 13.1 Å². The number of ether oxygens (including phenoxy) is 1. The molecule has 2 aliphatic rings. The fraction of sp³-hybridized carbons (Fsp3) is 0.333. The number of hydrogen-bond acceptors (Lipinski definition) is 4. The van der Waals surface area contributed by atoms with Crippen LogP contribution in [0.5, 0.6) is 0 Å². The molecule has 3 rings (SSSR count). The van der Waals surface area contributed by atoms with Crippen molar-refractivity contribution >= 4 is 17.4 Å². The van der Waals surface area contributed by atoms with Crippen molar-refractivity contribution in [3.05, 3.63) is 41.1 Å². The summed E-state index contributed by atoms with van der Waals surface area (Å²) >= 11 is 0. The molecule has 0 spiro atoms. The molecule has 0 bridgehead atoms. The van der Waals surface area contributed by atoms with Crippen LogP contribution in [0.1, 0.15) is 11.1 Å². The monoisotopic (exact) mass is 272 g/mol. The van der Waals surface area contributed by atoms with Gasteiger partial charge in [0.25, 0.3) is 11.8 Å². The first kappa shape index (κ1) is 12.9. The van der Waals surface area contributed by atoms with Gasteiger partial charge in [-0.3, -0.25) is 14.9 Å². The zero-order valence-corrected chi connectivity index (χ0v) is 11.3. The molecule has 1 saturated heterocycles. The lowest BCUT2D eigenvalue weighted by molar-refractivity contribution is -0.124. The molecule has 0 saturated carbocycles. The predicted octanol–water partition coefficient (Wildman–Crippen LogP) is 0.695. The number of carbonyl (C=O) groups is 2. The van der Waals surface area contributed by atoms with Crippen molar-refractivity contribution in [2.24, 2.45) is 0 Å². The Hall–Kier alpha value is -2.14. The Bertz CT molecular complexity index is 601. The number of aryl methyl sites for hydroxylation is 1. The molecular weight excluding hydrogens is 256 g/mol. The Kier molecular flexibility index (Phi) is 3.28. The van der Waals surface area contributed by atoms with Gasteiger partial charge in [0.1, 0.15) is 5.70 Å². The second-order valence-corrected chi connectivity index (χ2v) is 4.92. The standard InChI is InChI=1S/C15H16N2O3/c1-10-4-2-3-5-11(10)12-13(15(19)16-14(12)18)17-6-8-20-9-7-17/h2-5H,6-9H2,1H3,(H,16,18,19). The number of nitrogens with one attached hydrogen (secondary N) is 1. The predicted molar refractivity (Wildman–Crippen MR) is 73.6 cm³/mol. The van der Waals surface area contributed by atoms with E-state index in [1.165, 1.54) is 0 Å². The number of imide groups is 1. The lowest BCUT2D eigenvalue weighted by atomic mass is 9.99. The molecule has 20 heavy (non-hydrogen) atoms. The van der Waals surface area contributed by atoms with Crippen LogP contribution in [-0.4, -0.2) is 43.0 Å². The Morgan fingerprint density at radius 2 is 1.80 bits per heavy atom. The van der Waals surface area contributed by atoms with Gasteiger partial charge in [-0.1, -0.05) is 24.3 Å². The van der Waals surface area contributed by atoms with Crippen LogP contribution in [0, 0.1) is 6.92 Å². The van der Waals surface area contributed by atoms with E-state index in [9.17, 15) is 9.59 Å². The smallest absolute Gasteiger partial charge is 0.275 e. The minimum atomic E-state index is -0.314. The molecule has 5 nitrogen and oxygen atoms in total. The van der Waals surface area contributed by atoms with E-state index in [0.29, 0.717) is 37.6 Å². The molecule has 5 heteroatoms. The number of morpholine rings is 1. The summed E-state index contributed by atoms with van der Waals surface area (Å²) in [6.07, 6.45) is 0. The summed E-state index contributed by atoms with van der Waals surface area (Å²) in [7, 11) is 0. The van der Waals surface area contributed by atoms with Gasteiger partial charge in [0.15, 0.2) is 0 Å². The highest BCUT2D eigenvalue weighted by Gasteiger charge is 2.35. The first-order valence-electron chi connectivity index (χ1n) is 6.67. The van der Waals surface area contributed by atoms with Gasteiger partial charge in [-0.25, -0.2) is 0 Å². The molecule has 2 aliphatic heterocycles. The number of rotatable bonds is 2. The molecule has 1 N–H and O–H groups in total. The zero-order chi connectivity index (χ0) is 14.1. The molecule has 1 aromatic carbocycles. The van der Waals surface area contributed by atoms with Crippen LogP contribution in [0.4, 0.5) is 0 Å². The third kappa shape index (κ3) is 2.10. The third-order valence-corrected chi connectivity index (χ3v) is 3.65. The maximum Gasteiger partial charge on any atom is 0.275 e. The van der Waals surface area contributed by atoms with Gasteiger partial charge < -0.3 is 9.64 Å². The molecule has 2 heterocycles. The SMILES string of the molecule is Cc1ccccc1C1=C(N2CCOCC2)C(=O)NC1=O. The normalized spacial score (nSPS) is 19.6. The highest BCUT2D eigenvalue weighted by atomic mass is 16.5. The Morgan fingerprint density at radius 1 is 1.10 bits per heavy atom. The van der Waals surface area contributed by atoms with Crippen LogP contribution < -0.4 is 5.32 Å². The molecule has 0 unspecified atom stereocenters. The van der Waals surface area contributed by atoms with Crippen LogP contribution in [0.2, 0.25) is 0 Å². The first-order chi connectivity index (χ1) is 9.68. The van der Waals surface area contributed by atoms with Crippen LogP contribution >= 0.6 is 0 Å². The molecule has 0 radical (unpaired) electrons. The van der Waals surface area contributed by atoms with Crippen molar-refractivity contribution < 1.29 is 14.3 Å². The molecule has 0 aromatic heterocycles. The van der Waals surface area contributed by atoms with E-state index in [1.54, 1.807) is 0 Å². The molecule has 1 aromatic rings. The van der Waals surface area contributed by atoms with Gasteiger partial charge in [0.05, 0.1) is 18.8 Å². The maximum atomic E-state index is 12.1. The Morgan fingerprint density at radius 3 is 2.50 bits per heavy atom. The molecule has 1 fully saturated rings. The van der Waals surface area contributed by atoms with Crippen molar-refractivity contribution in [1.82, 2.24) is 10.2 Å². The minimum absolute atomic E-state index is 0.310. The molecule has 0 aliphatic carbocycles. The van der Waals surface area contributed by atoms with Gasteiger partial charge in [-0.15, -0.1) is 0 Å². The largest absolute Gasteiger partial charge is 0.378 e. The fourth-order valence-corrected chi connectivity index (χ4v) is 2.64. The van der Waals surface area contributed by atoms with Crippen LogP contribution in [-0.2, 0) is 14.3 Å². The van der Waals surface area contributed by atoms with Crippen LogP contribution in [0.15, 0.2) is 30.0 Å². The highest BCUT2D eigenvalue weighted by molar-refractivity contribution is 6.35. The second-order valence-electron chi connectivity index (χ2n) is 4.92. The number of nitrogens with zero attached hydrogens (tertiary/aromatic N) is 1. The first-order valence-corrected chi connectivity index (χ1v) is 6.67. The highest BCUT2D eigenvalue weighted by Crippen LogP contribution is 2.28. The number of carbonyl (C=O) groups excluding carboxylic acids is 2. The van der Waals surface area contributed by atoms with Gasteiger partial charge in [-0.2, -0.15) is 0 Å². The zero-order valence-electron chi connectivity index (χ0n) is 11.3. The Balaban J connectivity index is 2.11. The molecule has 104 valence electrons. The van der Waals surface area contributed by atoms with E-state index < -0.39 is 0 Å². The van der Waals surface area contributed by atoms with E-state index >= 15 is 0 Å². The van der Waals surface area contributed by atoms with Gasteiger partial charge >= 0.3 is 0 Å². The van der Waals surface area contributed by atoms with Crippen molar-refractivity contribution in [2.75, 3.05) is 26.3 Å². The molecule has 0 atom stereocenters. The summed E-state index contributed by atoms with van der Waals surface area (Å²) in [6.45, 7) is 4.35. The van der Waals surface area contributed by atoms with E-state index in [0.717, 1.165) is 11.1 Å². The minimum Gasteiger partial charge on any atom is -0.378 e. The van der Waals surface area contributed by atoms with E-state index in [2.05, 4.69) is 5.32 Å². The van der Waals surface area contributed by atoms with Crippen molar-refractivity contribution in [1.29, 1.82) is 0 Å². The van der Waals surface area contributed by atoms with Gasteiger partial charge in [-0.05, 0) is 18.1 Å². The lowest BCUT2D eigenvalue weighted by Gasteiger charge is -2.29. The quantitative estimate of drug-likeness (QED) is 0.805. The van der Waals surface area contributed by atoms with Crippen molar-refractivity contribution in [2.45, 2.75) is 6.92 Å². The summed E-state index contributed by atoms with van der Waals surface area (Å²) in [5.74, 6) is -0.624. The van der Waals surface area contributed by atoms with E-state index in [-0.39, 0.29) is 11.8 Å². The number of amides is 2. The van der Waals surface area contributed by atoms with E-state index in [4.69, 9.17) is 4.74 Å². The average molecular weight is 272 g/mol. The topological polar surface area (TPSA) is 58.6 Å². The summed E-state index contributed by atoms with van der Waals surface area (Å²) in [5.41, 5.74) is 2.76. The number of hydrogen-bond donors (Lipinski definition) is 1. The second kappa shape index (κ2) is 5.09. The average Bonchev–Trinajstić information content (AvgIpc) is 2.75. The molecule has 2 amide bonds. The third-order valence-electron chi connectivity index (χ3n) is 3.65. The summed E-state index contributed by atoms with van der Waals surface area (Å²) in [6, 6.07) is 7.61. The van der Waals surface area contributed by atoms with E-state index in [1.807, 2.05) is 36.1 Å². The van der Waals surface area contributed by atoms with Crippen LogP contribution in [0.3, 0.4) is 0 Å². The molecular formula is C15H16N2O3. The Labute approximate surface area is 117 Å². The van der Waals surface area contributed by atoms with Crippen LogP contribution in [0.25, 0.3) is 5.57 Å². The summed E-state index contributed by atoms with van der Waals surface area (Å²) in [4.78, 5) is 26.2. The van der Waals surface area contributed by atoms with Gasteiger partial charge in [0.2, 0.25) is 0 Å². The summed E-state index contributed by atoms with van der Waals surface area (Å²) in [5, 5.41) is 2.41. The maximum absolute atomic E-state index is 12.1. The fourth-order valence-electron chi connectivity index (χ4n) is 2.64. The van der Waals surface area contributed by atoms with Crippen molar-refractivity contribution in [3.8, 4) is 0 Å².